The van der Waals surface area contributed by atoms with E-state index in [2.05, 4.69) is 15.7 Å². The van der Waals surface area contributed by atoms with Gasteiger partial charge in [0.1, 0.15) is 17.5 Å². The van der Waals surface area contributed by atoms with Crippen LogP contribution in [0.15, 0.2) is 54.7 Å². The van der Waals surface area contributed by atoms with Gasteiger partial charge >= 0.3 is 0 Å². The van der Waals surface area contributed by atoms with Gasteiger partial charge in [-0.1, -0.05) is 12.1 Å². The molecule has 0 bridgehead atoms. The summed E-state index contributed by atoms with van der Waals surface area (Å²) >= 11 is 0. The number of carbonyl (C=O) groups excluding carboxylic acids is 2. The first-order valence-corrected chi connectivity index (χ1v) is 10.1. The standard InChI is InChI=1S/C23H25F2N5O2/c1-29(2)18-8-5-16(6-9-18)15-30-21(11-13-27-30)28-22(31)4-3-12-26-23(32)19-10-7-17(24)14-20(19)25/h5-11,13-14H,3-4,12,15H2,1-2H3,(H,26,32)(H,28,31). The van der Waals surface area contributed by atoms with Crippen LogP contribution >= 0.6 is 0 Å². The Morgan fingerprint density at radius 2 is 1.81 bits per heavy atom. The lowest BCUT2D eigenvalue weighted by Crippen LogP contribution is -2.26. The van der Waals surface area contributed by atoms with Gasteiger partial charge in [-0.2, -0.15) is 5.10 Å². The summed E-state index contributed by atoms with van der Waals surface area (Å²) in [6, 6.07) is 12.5. The van der Waals surface area contributed by atoms with Gasteiger partial charge in [0.05, 0.1) is 18.3 Å². The number of aromatic nitrogens is 2. The van der Waals surface area contributed by atoms with Crippen LogP contribution in [0.25, 0.3) is 0 Å². The van der Waals surface area contributed by atoms with Gasteiger partial charge in [-0.15, -0.1) is 0 Å². The zero-order valence-electron chi connectivity index (χ0n) is 17.9. The highest BCUT2D eigenvalue weighted by Gasteiger charge is 2.13. The minimum Gasteiger partial charge on any atom is -0.378 e. The predicted molar refractivity (Wildman–Crippen MR) is 119 cm³/mol. The van der Waals surface area contributed by atoms with E-state index in [-0.39, 0.29) is 24.4 Å². The second-order valence-corrected chi connectivity index (χ2v) is 7.47. The minimum atomic E-state index is -0.926. The normalized spacial score (nSPS) is 10.6. The lowest BCUT2D eigenvalue weighted by Gasteiger charge is -2.13. The van der Waals surface area contributed by atoms with Crippen molar-refractivity contribution in [1.29, 1.82) is 0 Å². The van der Waals surface area contributed by atoms with E-state index in [1.54, 1.807) is 16.9 Å². The summed E-state index contributed by atoms with van der Waals surface area (Å²) in [6.45, 7) is 0.691. The molecule has 0 saturated heterocycles. The second-order valence-electron chi connectivity index (χ2n) is 7.47. The van der Waals surface area contributed by atoms with Crippen LogP contribution in [0.1, 0.15) is 28.8 Å². The summed E-state index contributed by atoms with van der Waals surface area (Å²) in [4.78, 5) is 26.3. The second kappa shape index (κ2) is 10.5. The summed E-state index contributed by atoms with van der Waals surface area (Å²) in [5.41, 5.74) is 1.90. The van der Waals surface area contributed by atoms with Crippen LogP contribution in [-0.4, -0.2) is 42.2 Å². The molecule has 0 atom stereocenters. The van der Waals surface area contributed by atoms with E-state index in [0.29, 0.717) is 24.8 Å². The Bertz CT molecular complexity index is 1080. The summed E-state index contributed by atoms with van der Waals surface area (Å²) in [6.07, 6.45) is 2.14. The molecule has 0 fully saturated rings. The molecule has 0 saturated carbocycles. The highest BCUT2D eigenvalue weighted by molar-refractivity contribution is 5.94. The number of hydrogen-bond donors (Lipinski definition) is 2. The number of nitrogens with one attached hydrogen (secondary N) is 2. The Kier molecular flexibility index (Phi) is 7.54. The van der Waals surface area contributed by atoms with Crippen LogP contribution in [0.3, 0.4) is 0 Å². The number of nitrogens with zero attached hydrogens (tertiary/aromatic N) is 3. The van der Waals surface area contributed by atoms with E-state index in [4.69, 9.17) is 0 Å². The van der Waals surface area contributed by atoms with Crippen LogP contribution in [0.4, 0.5) is 20.3 Å². The number of benzene rings is 2. The van der Waals surface area contributed by atoms with E-state index >= 15 is 0 Å². The number of anilines is 2. The van der Waals surface area contributed by atoms with Gasteiger partial charge in [-0.05, 0) is 36.2 Å². The third-order valence-electron chi connectivity index (χ3n) is 4.81. The first-order chi connectivity index (χ1) is 15.3. The number of halogens is 2. The minimum absolute atomic E-state index is 0.162. The Morgan fingerprint density at radius 3 is 2.50 bits per heavy atom. The summed E-state index contributed by atoms with van der Waals surface area (Å²) < 4.78 is 28.3. The van der Waals surface area contributed by atoms with Crippen LogP contribution in [-0.2, 0) is 11.3 Å². The fourth-order valence-corrected chi connectivity index (χ4v) is 3.06. The number of hydrogen-bond acceptors (Lipinski definition) is 4. The third-order valence-corrected chi connectivity index (χ3v) is 4.81. The Labute approximate surface area is 185 Å². The highest BCUT2D eigenvalue weighted by Crippen LogP contribution is 2.15. The van der Waals surface area contributed by atoms with Crippen molar-refractivity contribution in [1.82, 2.24) is 15.1 Å². The molecular formula is C23H25F2N5O2. The first kappa shape index (κ1) is 22.9. The molecule has 0 aliphatic carbocycles. The molecule has 2 aromatic carbocycles. The van der Waals surface area contributed by atoms with Gasteiger partial charge in [0.2, 0.25) is 5.91 Å². The Balaban J connectivity index is 1.45. The van der Waals surface area contributed by atoms with E-state index in [9.17, 15) is 18.4 Å². The average molecular weight is 441 g/mol. The number of amides is 2. The molecule has 0 unspecified atom stereocenters. The van der Waals surface area contributed by atoms with E-state index in [1.807, 2.05) is 43.3 Å². The van der Waals surface area contributed by atoms with E-state index in [1.165, 1.54) is 0 Å². The quantitative estimate of drug-likeness (QED) is 0.499. The smallest absolute Gasteiger partial charge is 0.254 e. The molecule has 0 radical (unpaired) electrons. The van der Waals surface area contributed by atoms with Crippen LogP contribution < -0.4 is 15.5 Å². The molecule has 168 valence electrons. The summed E-state index contributed by atoms with van der Waals surface area (Å²) in [5.74, 6) is -1.98. The van der Waals surface area contributed by atoms with Crippen LogP contribution in [0.5, 0.6) is 0 Å². The van der Waals surface area contributed by atoms with Gasteiger partial charge in [0.25, 0.3) is 5.91 Å². The predicted octanol–water partition coefficient (Wildman–Crippen LogP) is 3.42. The van der Waals surface area contributed by atoms with Crippen LogP contribution in [0.2, 0.25) is 0 Å². The van der Waals surface area contributed by atoms with Crippen molar-refractivity contribution < 1.29 is 18.4 Å². The first-order valence-electron chi connectivity index (χ1n) is 10.1. The maximum atomic E-state index is 13.6. The van der Waals surface area contributed by atoms with Gasteiger partial charge in [-0.3, -0.25) is 9.59 Å². The molecule has 3 aromatic rings. The van der Waals surface area contributed by atoms with Crippen molar-refractivity contribution >= 4 is 23.3 Å². The fraction of sp³-hybridized carbons (Fsp3) is 0.261. The van der Waals surface area contributed by atoms with Crippen molar-refractivity contribution in [3.8, 4) is 0 Å². The molecule has 0 aliphatic heterocycles. The van der Waals surface area contributed by atoms with Gasteiger partial charge in [0.15, 0.2) is 0 Å². The van der Waals surface area contributed by atoms with E-state index < -0.39 is 17.5 Å². The molecule has 32 heavy (non-hydrogen) atoms. The molecule has 0 aliphatic rings. The lowest BCUT2D eigenvalue weighted by molar-refractivity contribution is -0.116. The molecule has 1 aromatic heterocycles. The van der Waals surface area contributed by atoms with Gasteiger partial charge in [-0.25, -0.2) is 13.5 Å². The molecule has 7 nitrogen and oxygen atoms in total. The highest BCUT2D eigenvalue weighted by atomic mass is 19.1. The molecule has 2 N–H and O–H groups in total. The molecular weight excluding hydrogens is 416 g/mol. The summed E-state index contributed by atoms with van der Waals surface area (Å²) in [5, 5.41) is 9.60. The molecule has 1 heterocycles. The van der Waals surface area contributed by atoms with Crippen molar-refractivity contribution in [3.05, 3.63) is 77.5 Å². The SMILES string of the molecule is CN(C)c1ccc(Cn2nccc2NC(=O)CCCNC(=O)c2ccc(F)cc2F)cc1. The van der Waals surface area contributed by atoms with Gasteiger partial charge < -0.3 is 15.5 Å². The zero-order chi connectivity index (χ0) is 23.1. The van der Waals surface area contributed by atoms with Crippen molar-refractivity contribution in [3.63, 3.8) is 0 Å². The van der Waals surface area contributed by atoms with Crippen molar-refractivity contribution in [2.45, 2.75) is 19.4 Å². The number of rotatable bonds is 9. The maximum absolute atomic E-state index is 13.6. The Morgan fingerprint density at radius 1 is 1.06 bits per heavy atom. The van der Waals surface area contributed by atoms with Crippen molar-refractivity contribution in [2.75, 3.05) is 30.9 Å². The topological polar surface area (TPSA) is 79.3 Å². The molecule has 3 rings (SSSR count). The van der Waals surface area contributed by atoms with Gasteiger partial charge in [0, 0.05) is 44.9 Å². The molecule has 9 heteroatoms. The van der Waals surface area contributed by atoms with Crippen LogP contribution in [0, 0.1) is 11.6 Å². The third kappa shape index (κ3) is 6.13. The van der Waals surface area contributed by atoms with E-state index in [0.717, 1.165) is 23.4 Å². The summed E-state index contributed by atoms with van der Waals surface area (Å²) in [7, 11) is 3.95. The zero-order valence-corrected chi connectivity index (χ0v) is 17.9. The molecule has 2 amide bonds. The molecule has 0 spiro atoms. The average Bonchev–Trinajstić information content (AvgIpc) is 3.17. The fourth-order valence-electron chi connectivity index (χ4n) is 3.06. The largest absolute Gasteiger partial charge is 0.378 e. The monoisotopic (exact) mass is 441 g/mol. The maximum Gasteiger partial charge on any atom is 0.254 e. The van der Waals surface area contributed by atoms with Crippen molar-refractivity contribution in [2.24, 2.45) is 0 Å². The Hall–Kier alpha value is -3.75. The lowest BCUT2D eigenvalue weighted by atomic mass is 10.2. The number of carbonyl (C=O) groups is 2.